The van der Waals surface area contributed by atoms with E-state index in [1.807, 2.05) is 12.1 Å². The summed E-state index contributed by atoms with van der Waals surface area (Å²) < 4.78 is 10.3. The van der Waals surface area contributed by atoms with Crippen molar-refractivity contribution in [1.29, 1.82) is 0 Å². The topological polar surface area (TPSA) is 52.6 Å². The molecule has 0 fully saturated rings. The molecule has 0 N–H and O–H groups in total. The van der Waals surface area contributed by atoms with E-state index in [1.165, 1.54) is 0 Å². The molecule has 0 aromatic heterocycles. The molecule has 98 valence electrons. The van der Waals surface area contributed by atoms with Crippen molar-refractivity contribution >= 4 is 11.8 Å². The third-order valence-corrected chi connectivity index (χ3v) is 2.31. The second-order valence-corrected chi connectivity index (χ2v) is 4.03. The molecule has 0 heterocycles. The molecule has 1 aromatic carbocycles. The number of hydrogen-bond donors (Lipinski definition) is 0. The highest BCUT2D eigenvalue weighted by molar-refractivity contribution is 5.78. The molecule has 4 heteroatoms. The molecule has 0 aliphatic heterocycles. The van der Waals surface area contributed by atoms with E-state index in [2.05, 4.69) is 0 Å². The highest BCUT2D eigenvalue weighted by Crippen LogP contribution is 2.14. The zero-order valence-electron chi connectivity index (χ0n) is 10.9. The Balaban J connectivity index is 2.58. The molecule has 0 saturated heterocycles. The van der Waals surface area contributed by atoms with Gasteiger partial charge in [0.1, 0.15) is 11.5 Å². The van der Waals surface area contributed by atoms with Gasteiger partial charge < -0.3 is 9.47 Å². The number of benzene rings is 1. The molecule has 0 aliphatic carbocycles. The van der Waals surface area contributed by atoms with Crippen molar-refractivity contribution in [2.45, 2.75) is 33.3 Å². The SMILES string of the molecule is CCOC(=O)C(C)Oc1ccc(CC(C)=O)cc1. The van der Waals surface area contributed by atoms with Crippen molar-refractivity contribution in [2.24, 2.45) is 0 Å². The molecule has 18 heavy (non-hydrogen) atoms. The van der Waals surface area contributed by atoms with Crippen LogP contribution in [0.15, 0.2) is 24.3 Å². The van der Waals surface area contributed by atoms with E-state index in [4.69, 9.17) is 9.47 Å². The fraction of sp³-hybridized carbons (Fsp3) is 0.429. The van der Waals surface area contributed by atoms with Crippen LogP contribution in [-0.4, -0.2) is 24.5 Å². The fourth-order valence-electron chi connectivity index (χ4n) is 1.49. The van der Waals surface area contributed by atoms with Crippen LogP contribution in [0.1, 0.15) is 26.3 Å². The van der Waals surface area contributed by atoms with Crippen LogP contribution in [-0.2, 0) is 20.7 Å². The molecule has 0 spiro atoms. The highest BCUT2D eigenvalue weighted by Gasteiger charge is 2.15. The molecular formula is C14H18O4. The van der Waals surface area contributed by atoms with Crippen LogP contribution >= 0.6 is 0 Å². The summed E-state index contributed by atoms with van der Waals surface area (Å²) in [6.45, 7) is 5.28. The van der Waals surface area contributed by atoms with Crippen molar-refractivity contribution in [2.75, 3.05) is 6.61 Å². The van der Waals surface area contributed by atoms with Gasteiger partial charge in [-0.15, -0.1) is 0 Å². The molecule has 0 radical (unpaired) electrons. The first-order valence-corrected chi connectivity index (χ1v) is 5.94. The van der Waals surface area contributed by atoms with E-state index in [-0.39, 0.29) is 11.8 Å². The van der Waals surface area contributed by atoms with Gasteiger partial charge in [0, 0.05) is 6.42 Å². The predicted octanol–water partition coefficient (Wildman–Crippen LogP) is 2.15. The quantitative estimate of drug-likeness (QED) is 0.726. The maximum absolute atomic E-state index is 11.4. The summed E-state index contributed by atoms with van der Waals surface area (Å²) >= 11 is 0. The van der Waals surface area contributed by atoms with Crippen molar-refractivity contribution < 1.29 is 19.1 Å². The Hall–Kier alpha value is -1.84. The van der Waals surface area contributed by atoms with Crippen LogP contribution in [0.4, 0.5) is 0 Å². The lowest BCUT2D eigenvalue weighted by Gasteiger charge is -2.13. The molecule has 1 aromatic rings. The number of carbonyl (C=O) groups excluding carboxylic acids is 2. The highest BCUT2D eigenvalue weighted by atomic mass is 16.6. The lowest BCUT2D eigenvalue weighted by Crippen LogP contribution is -2.26. The number of carbonyl (C=O) groups is 2. The van der Waals surface area contributed by atoms with Crippen molar-refractivity contribution in [3.05, 3.63) is 29.8 Å². The summed E-state index contributed by atoms with van der Waals surface area (Å²) in [5, 5.41) is 0. The number of ether oxygens (including phenoxy) is 2. The maximum atomic E-state index is 11.4. The minimum Gasteiger partial charge on any atom is -0.479 e. The zero-order chi connectivity index (χ0) is 13.5. The maximum Gasteiger partial charge on any atom is 0.347 e. The Morgan fingerprint density at radius 2 is 1.83 bits per heavy atom. The number of hydrogen-bond acceptors (Lipinski definition) is 4. The lowest BCUT2D eigenvalue weighted by atomic mass is 10.1. The summed E-state index contributed by atoms with van der Waals surface area (Å²) in [7, 11) is 0. The fourth-order valence-corrected chi connectivity index (χ4v) is 1.49. The van der Waals surface area contributed by atoms with Crippen LogP contribution < -0.4 is 4.74 Å². The molecule has 1 rings (SSSR count). The molecule has 0 aliphatic rings. The van der Waals surface area contributed by atoms with Crippen LogP contribution in [0.25, 0.3) is 0 Å². The zero-order valence-corrected chi connectivity index (χ0v) is 10.9. The summed E-state index contributed by atoms with van der Waals surface area (Å²) in [5.41, 5.74) is 0.929. The minimum absolute atomic E-state index is 0.114. The average molecular weight is 250 g/mol. The normalized spacial score (nSPS) is 11.7. The smallest absolute Gasteiger partial charge is 0.347 e. The van der Waals surface area contributed by atoms with Crippen LogP contribution in [0.2, 0.25) is 0 Å². The van der Waals surface area contributed by atoms with Crippen molar-refractivity contribution in [3.63, 3.8) is 0 Å². The van der Waals surface area contributed by atoms with Crippen LogP contribution in [0.3, 0.4) is 0 Å². The van der Waals surface area contributed by atoms with Gasteiger partial charge in [0.2, 0.25) is 0 Å². The van der Waals surface area contributed by atoms with Gasteiger partial charge in [-0.25, -0.2) is 4.79 Å². The molecule has 0 bridgehead atoms. The first-order valence-electron chi connectivity index (χ1n) is 5.94. The number of ketones is 1. The number of esters is 1. The summed E-state index contributed by atoms with van der Waals surface area (Å²) in [6, 6.07) is 7.12. The molecule has 1 atom stereocenters. The Labute approximate surface area is 107 Å². The molecule has 1 unspecified atom stereocenters. The monoisotopic (exact) mass is 250 g/mol. The second kappa shape index (κ2) is 6.79. The minimum atomic E-state index is -0.636. The third kappa shape index (κ3) is 4.57. The van der Waals surface area contributed by atoms with Gasteiger partial charge in [-0.05, 0) is 38.5 Å². The van der Waals surface area contributed by atoms with E-state index >= 15 is 0 Å². The average Bonchev–Trinajstić information content (AvgIpc) is 2.31. The van der Waals surface area contributed by atoms with Crippen LogP contribution in [0.5, 0.6) is 5.75 Å². The summed E-state index contributed by atoms with van der Waals surface area (Å²) in [6.07, 6.45) is -0.225. The van der Waals surface area contributed by atoms with Crippen LogP contribution in [0, 0.1) is 0 Å². The number of rotatable bonds is 6. The summed E-state index contributed by atoms with van der Waals surface area (Å²) in [4.78, 5) is 22.3. The largest absolute Gasteiger partial charge is 0.479 e. The Kier molecular flexibility index (Phi) is 5.36. The Bertz CT molecular complexity index is 408. The lowest BCUT2D eigenvalue weighted by molar-refractivity contribution is -0.150. The summed E-state index contributed by atoms with van der Waals surface area (Å²) in [5.74, 6) is 0.316. The molecular weight excluding hydrogens is 232 g/mol. The van der Waals surface area contributed by atoms with Gasteiger partial charge >= 0.3 is 5.97 Å². The van der Waals surface area contributed by atoms with Gasteiger partial charge in [0.25, 0.3) is 0 Å². The first-order chi connectivity index (χ1) is 8.52. The first kappa shape index (κ1) is 14.2. The van der Waals surface area contributed by atoms with Gasteiger partial charge in [-0.3, -0.25) is 4.79 Å². The Morgan fingerprint density at radius 1 is 1.22 bits per heavy atom. The van der Waals surface area contributed by atoms with Crippen molar-refractivity contribution in [3.8, 4) is 5.75 Å². The number of Topliss-reactive ketones (excluding diaryl/α,β-unsaturated/α-hetero) is 1. The predicted molar refractivity (Wildman–Crippen MR) is 67.6 cm³/mol. The standard InChI is InChI=1S/C14H18O4/c1-4-17-14(16)11(3)18-13-7-5-12(6-8-13)9-10(2)15/h5-8,11H,4,9H2,1-3H3. The molecule has 0 amide bonds. The van der Waals surface area contributed by atoms with E-state index in [9.17, 15) is 9.59 Å². The van der Waals surface area contributed by atoms with Gasteiger partial charge in [-0.2, -0.15) is 0 Å². The third-order valence-electron chi connectivity index (χ3n) is 2.31. The Morgan fingerprint density at radius 3 is 2.33 bits per heavy atom. The van der Waals surface area contributed by atoms with Gasteiger partial charge in [0.05, 0.1) is 6.61 Å². The van der Waals surface area contributed by atoms with Gasteiger partial charge in [0.15, 0.2) is 6.10 Å². The molecule has 4 nitrogen and oxygen atoms in total. The van der Waals surface area contributed by atoms with E-state index in [1.54, 1.807) is 32.9 Å². The van der Waals surface area contributed by atoms with E-state index in [0.717, 1.165) is 5.56 Å². The van der Waals surface area contributed by atoms with E-state index in [0.29, 0.717) is 18.8 Å². The van der Waals surface area contributed by atoms with Gasteiger partial charge in [-0.1, -0.05) is 12.1 Å². The molecule has 0 saturated carbocycles. The van der Waals surface area contributed by atoms with E-state index < -0.39 is 6.10 Å². The van der Waals surface area contributed by atoms with Crippen molar-refractivity contribution in [1.82, 2.24) is 0 Å². The second-order valence-electron chi connectivity index (χ2n) is 4.03.